The van der Waals surface area contributed by atoms with Crippen molar-refractivity contribution in [2.24, 2.45) is 5.73 Å². The van der Waals surface area contributed by atoms with Gasteiger partial charge in [-0.15, -0.1) is 0 Å². The molecule has 0 amide bonds. The first-order valence-electron chi connectivity index (χ1n) is 6.52. The maximum Gasteiger partial charge on any atom is 0.186 e. The number of aryl methyl sites for hydroxylation is 2. The zero-order valence-corrected chi connectivity index (χ0v) is 12.5. The van der Waals surface area contributed by atoms with E-state index < -0.39 is 15.1 Å². The van der Waals surface area contributed by atoms with Crippen LogP contribution in [0.15, 0.2) is 53.4 Å². The predicted molar refractivity (Wildman–Crippen MR) is 81.3 cm³/mol. The summed E-state index contributed by atoms with van der Waals surface area (Å²) in [6.07, 6.45) is 0. The van der Waals surface area contributed by atoms with E-state index in [2.05, 4.69) is 0 Å². The van der Waals surface area contributed by atoms with Gasteiger partial charge in [-0.05, 0) is 31.5 Å². The summed E-state index contributed by atoms with van der Waals surface area (Å²) in [6.45, 7) is 3.96. The van der Waals surface area contributed by atoms with Crippen molar-refractivity contribution in [3.8, 4) is 0 Å². The minimum Gasteiger partial charge on any atom is -0.329 e. The van der Waals surface area contributed by atoms with E-state index in [4.69, 9.17) is 5.73 Å². The monoisotopic (exact) mass is 289 g/mol. The molecule has 0 saturated carbocycles. The van der Waals surface area contributed by atoms with Crippen LogP contribution in [0.1, 0.15) is 21.9 Å². The minimum atomic E-state index is -3.46. The number of sulfone groups is 1. The summed E-state index contributed by atoms with van der Waals surface area (Å²) in [5.41, 5.74) is 8.58. The molecule has 0 fully saturated rings. The Morgan fingerprint density at radius 2 is 1.35 bits per heavy atom. The highest BCUT2D eigenvalue weighted by atomic mass is 32.2. The van der Waals surface area contributed by atoms with E-state index in [-0.39, 0.29) is 6.54 Å². The van der Waals surface area contributed by atoms with Gasteiger partial charge >= 0.3 is 0 Å². The molecule has 0 radical (unpaired) electrons. The largest absolute Gasteiger partial charge is 0.329 e. The number of rotatable bonds is 4. The topological polar surface area (TPSA) is 60.2 Å². The summed E-state index contributed by atoms with van der Waals surface area (Å²) >= 11 is 0. The summed E-state index contributed by atoms with van der Waals surface area (Å²) in [5.74, 6) is 0. The molecule has 0 bridgehead atoms. The Morgan fingerprint density at radius 1 is 0.900 bits per heavy atom. The van der Waals surface area contributed by atoms with Gasteiger partial charge in [-0.25, -0.2) is 8.42 Å². The summed E-state index contributed by atoms with van der Waals surface area (Å²) in [7, 11) is -3.46. The van der Waals surface area contributed by atoms with Gasteiger partial charge in [0, 0.05) is 6.54 Å². The Morgan fingerprint density at radius 3 is 1.80 bits per heavy atom. The molecule has 106 valence electrons. The second-order valence-corrected chi connectivity index (χ2v) is 7.12. The fourth-order valence-corrected chi connectivity index (χ4v) is 3.73. The van der Waals surface area contributed by atoms with Crippen LogP contribution in [0.4, 0.5) is 0 Å². The van der Waals surface area contributed by atoms with Crippen LogP contribution in [0.3, 0.4) is 0 Å². The van der Waals surface area contributed by atoms with Crippen LogP contribution in [0, 0.1) is 13.8 Å². The summed E-state index contributed by atoms with van der Waals surface area (Å²) in [4.78, 5) is 0.319. The van der Waals surface area contributed by atoms with Crippen molar-refractivity contribution in [1.82, 2.24) is 0 Å². The van der Waals surface area contributed by atoms with Crippen LogP contribution in [-0.4, -0.2) is 15.0 Å². The van der Waals surface area contributed by atoms with Crippen LogP contribution in [-0.2, 0) is 9.84 Å². The lowest BCUT2D eigenvalue weighted by Crippen LogP contribution is -2.22. The molecular weight excluding hydrogens is 270 g/mol. The molecule has 0 unspecified atom stereocenters. The van der Waals surface area contributed by atoms with Crippen LogP contribution >= 0.6 is 0 Å². The highest BCUT2D eigenvalue weighted by Gasteiger charge is 2.27. The van der Waals surface area contributed by atoms with Gasteiger partial charge in [-0.1, -0.05) is 47.5 Å². The highest BCUT2D eigenvalue weighted by molar-refractivity contribution is 7.91. The van der Waals surface area contributed by atoms with Gasteiger partial charge in [0.1, 0.15) is 5.25 Å². The van der Waals surface area contributed by atoms with E-state index in [0.29, 0.717) is 4.90 Å². The fourth-order valence-electron chi connectivity index (χ4n) is 2.12. The summed E-state index contributed by atoms with van der Waals surface area (Å²) in [5, 5.41) is -0.703. The predicted octanol–water partition coefficient (Wildman–Crippen LogP) is 2.78. The average molecular weight is 289 g/mol. The molecule has 2 rings (SSSR count). The molecule has 2 aromatic rings. The Hall–Kier alpha value is -1.65. The molecule has 2 aromatic carbocycles. The zero-order valence-electron chi connectivity index (χ0n) is 11.7. The molecule has 0 aliphatic rings. The van der Waals surface area contributed by atoms with Gasteiger partial charge < -0.3 is 5.73 Å². The Bertz CT molecular complexity index is 673. The van der Waals surface area contributed by atoms with Gasteiger partial charge in [0.25, 0.3) is 0 Å². The van der Waals surface area contributed by atoms with Crippen LogP contribution in [0.5, 0.6) is 0 Å². The Kier molecular flexibility index (Phi) is 4.26. The van der Waals surface area contributed by atoms with E-state index in [0.717, 1.165) is 16.7 Å². The molecule has 3 nitrogen and oxygen atoms in total. The minimum absolute atomic E-state index is 0.0687. The number of benzene rings is 2. The van der Waals surface area contributed by atoms with Crippen molar-refractivity contribution in [3.63, 3.8) is 0 Å². The summed E-state index contributed by atoms with van der Waals surface area (Å²) in [6, 6.07) is 14.4. The number of nitrogens with two attached hydrogens (primary N) is 1. The molecule has 20 heavy (non-hydrogen) atoms. The SMILES string of the molecule is Cc1ccc([C@H](CN)S(=O)(=O)c2ccc(C)cc2)cc1. The lowest BCUT2D eigenvalue weighted by Gasteiger charge is -2.16. The quantitative estimate of drug-likeness (QED) is 0.941. The molecule has 0 heterocycles. The average Bonchev–Trinajstić information content (AvgIpc) is 2.42. The van der Waals surface area contributed by atoms with E-state index in [1.807, 2.05) is 38.1 Å². The lowest BCUT2D eigenvalue weighted by atomic mass is 10.1. The number of hydrogen-bond donors (Lipinski definition) is 1. The molecule has 1 atom stereocenters. The van der Waals surface area contributed by atoms with Crippen molar-refractivity contribution in [3.05, 3.63) is 65.2 Å². The summed E-state index contributed by atoms with van der Waals surface area (Å²) < 4.78 is 25.4. The molecule has 0 aromatic heterocycles. The first kappa shape index (κ1) is 14.8. The lowest BCUT2D eigenvalue weighted by molar-refractivity contribution is 0.582. The van der Waals surface area contributed by atoms with Crippen molar-refractivity contribution >= 4 is 9.84 Å². The standard InChI is InChI=1S/C16H19NO2S/c1-12-3-7-14(8-4-12)16(11-17)20(18,19)15-9-5-13(2)6-10-15/h3-10,16H,11,17H2,1-2H3/t16-/m0/s1. The third kappa shape index (κ3) is 2.92. The van der Waals surface area contributed by atoms with Crippen molar-refractivity contribution in [1.29, 1.82) is 0 Å². The van der Waals surface area contributed by atoms with E-state index >= 15 is 0 Å². The van der Waals surface area contributed by atoms with Gasteiger partial charge in [0.2, 0.25) is 0 Å². The highest BCUT2D eigenvalue weighted by Crippen LogP contribution is 2.28. The van der Waals surface area contributed by atoms with Crippen LogP contribution < -0.4 is 5.73 Å². The molecule has 4 heteroatoms. The zero-order chi connectivity index (χ0) is 14.8. The fraction of sp³-hybridized carbons (Fsp3) is 0.250. The van der Waals surface area contributed by atoms with E-state index in [1.54, 1.807) is 24.3 Å². The first-order chi connectivity index (χ1) is 9.45. The second-order valence-electron chi connectivity index (χ2n) is 4.99. The maximum atomic E-state index is 12.7. The third-order valence-corrected chi connectivity index (χ3v) is 5.53. The van der Waals surface area contributed by atoms with Crippen molar-refractivity contribution in [2.75, 3.05) is 6.54 Å². The Labute approximate surface area is 120 Å². The molecule has 0 spiro atoms. The van der Waals surface area contributed by atoms with E-state index in [9.17, 15) is 8.42 Å². The molecule has 2 N–H and O–H groups in total. The van der Waals surface area contributed by atoms with Gasteiger partial charge in [-0.3, -0.25) is 0 Å². The van der Waals surface area contributed by atoms with Gasteiger partial charge in [0.15, 0.2) is 9.84 Å². The smallest absolute Gasteiger partial charge is 0.186 e. The second kappa shape index (κ2) is 5.77. The van der Waals surface area contributed by atoms with E-state index in [1.165, 1.54) is 0 Å². The van der Waals surface area contributed by atoms with Crippen molar-refractivity contribution < 1.29 is 8.42 Å². The maximum absolute atomic E-state index is 12.7. The first-order valence-corrected chi connectivity index (χ1v) is 8.07. The third-order valence-electron chi connectivity index (χ3n) is 3.39. The van der Waals surface area contributed by atoms with Gasteiger partial charge in [-0.2, -0.15) is 0 Å². The normalized spacial score (nSPS) is 13.2. The molecule has 0 saturated heterocycles. The van der Waals surface area contributed by atoms with Crippen LogP contribution in [0.25, 0.3) is 0 Å². The van der Waals surface area contributed by atoms with Crippen molar-refractivity contribution in [2.45, 2.75) is 24.0 Å². The molecule has 0 aliphatic carbocycles. The molecule has 0 aliphatic heterocycles. The Balaban J connectivity index is 2.44. The van der Waals surface area contributed by atoms with Gasteiger partial charge in [0.05, 0.1) is 4.90 Å². The molecular formula is C16H19NO2S. The number of hydrogen-bond acceptors (Lipinski definition) is 3. The van der Waals surface area contributed by atoms with Crippen LogP contribution in [0.2, 0.25) is 0 Å².